The molecule has 3 aromatic carbocycles. The number of nitro benzene ring substituents is 1. The van der Waals surface area contributed by atoms with Gasteiger partial charge in [-0.3, -0.25) is 19.8 Å². The summed E-state index contributed by atoms with van der Waals surface area (Å²) >= 11 is 0. The first-order chi connectivity index (χ1) is 16.8. The summed E-state index contributed by atoms with van der Waals surface area (Å²) in [6.45, 7) is 2.77. The average Bonchev–Trinajstić information content (AvgIpc) is 2.86. The normalized spacial score (nSPS) is 15.9. The van der Waals surface area contributed by atoms with Crippen LogP contribution in [0.2, 0.25) is 0 Å². The summed E-state index contributed by atoms with van der Waals surface area (Å²) in [4.78, 5) is 25.6. The first-order valence-corrected chi connectivity index (χ1v) is 12.6. The fraction of sp³-hybridized carbons (Fsp3) is 0.240. The lowest BCUT2D eigenvalue weighted by atomic mass is 10.0. The Morgan fingerprint density at radius 3 is 2.14 bits per heavy atom. The molecule has 1 amide bonds. The maximum atomic E-state index is 13.4. The molecule has 4 rings (SSSR count). The van der Waals surface area contributed by atoms with Crippen LogP contribution in [0.5, 0.6) is 0 Å². The number of amides is 1. The lowest BCUT2D eigenvalue weighted by Crippen LogP contribution is -2.51. The van der Waals surface area contributed by atoms with Gasteiger partial charge in [0.15, 0.2) is 4.90 Å². The van der Waals surface area contributed by atoms with Gasteiger partial charge in [0.1, 0.15) is 6.04 Å². The van der Waals surface area contributed by atoms with Crippen molar-refractivity contribution < 1.29 is 18.1 Å². The van der Waals surface area contributed by atoms with Crippen molar-refractivity contribution in [1.29, 1.82) is 0 Å². The molecular formula is C25H26N4O5S. The molecule has 9 nitrogen and oxygen atoms in total. The van der Waals surface area contributed by atoms with E-state index in [1.807, 2.05) is 66.4 Å². The standard InChI is InChI=1S/C25H26N4O5S/c1-19-11-13-21(14-12-19)26-25(30)24(20-7-3-2-4-8-20)27-15-17-28(18-16-27)35(33,34)23-10-6-5-9-22(23)29(31)32/h2-14,24H,15-18H2,1H3,(H,26,30)/t24-/m0/s1. The van der Waals surface area contributed by atoms with Crippen LogP contribution in [0.3, 0.4) is 0 Å². The van der Waals surface area contributed by atoms with Gasteiger partial charge in [0.2, 0.25) is 15.9 Å². The van der Waals surface area contributed by atoms with Gasteiger partial charge in [-0.05, 0) is 30.7 Å². The second-order valence-electron chi connectivity index (χ2n) is 8.33. The number of sulfonamides is 1. The molecule has 0 aliphatic carbocycles. The number of nitrogens with zero attached hydrogens (tertiary/aromatic N) is 3. The number of anilines is 1. The third-order valence-corrected chi connectivity index (χ3v) is 7.95. The zero-order valence-electron chi connectivity index (χ0n) is 19.2. The maximum Gasteiger partial charge on any atom is 0.289 e. The van der Waals surface area contributed by atoms with Crippen molar-refractivity contribution >= 4 is 27.3 Å². The number of rotatable bonds is 7. The minimum atomic E-state index is -4.06. The molecule has 1 aliphatic heterocycles. The number of hydrogen-bond donors (Lipinski definition) is 1. The topological polar surface area (TPSA) is 113 Å². The van der Waals surface area contributed by atoms with Gasteiger partial charge in [-0.15, -0.1) is 0 Å². The molecule has 1 N–H and O–H groups in total. The predicted octanol–water partition coefficient (Wildman–Crippen LogP) is 3.59. The van der Waals surface area contributed by atoms with Crippen LogP contribution in [0.4, 0.5) is 11.4 Å². The number of benzene rings is 3. The Hall–Kier alpha value is -3.60. The molecule has 0 bridgehead atoms. The van der Waals surface area contributed by atoms with Gasteiger partial charge in [0.05, 0.1) is 4.92 Å². The number of para-hydroxylation sites is 1. The number of carbonyl (C=O) groups is 1. The molecule has 10 heteroatoms. The first-order valence-electron chi connectivity index (χ1n) is 11.2. The van der Waals surface area contributed by atoms with Crippen molar-refractivity contribution in [3.63, 3.8) is 0 Å². The lowest BCUT2D eigenvalue weighted by molar-refractivity contribution is -0.387. The second-order valence-corrected chi connectivity index (χ2v) is 10.2. The highest BCUT2D eigenvalue weighted by Gasteiger charge is 2.36. The van der Waals surface area contributed by atoms with Crippen molar-refractivity contribution in [2.24, 2.45) is 0 Å². The molecule has 0 spiro atoms. The molecule has 0 unspecified atom stereocenters. The number of nitrogens with one attached hydrogen (secondary N) is 1. The highest BCUT2D eigenvalue weighted by molar-refractivity contribution is 7.89. The van der Waals surface area contributed by atoms with Crippen LogP contribution in [0.25, 0.3) is 0 Å². The molecule has 182 valence electrons. The fourth-order valence-electron chi connectivity index (χ4n) is 4.18. The van der Waals surface area contributed by atoms with Crippen molar-refractivity contribution in [3.8, 4) is 0 Å². The lowest BCUT2D eigenvalue weighted by Gasteiger charge is -2.38. The number of hydrogen-bond acceptors (Lipinski definition) is 6. The Labute approximate surface area is 204 Å². The van der Waals surface area contributed by atoms with Gasteiger partial charge in [0.25, 0.3) is 5.69 Å². The van der Waals surface area contributed by atoms with E-state index in [-0.39, 0.29) is 23.9 Å². The van der Waals surface area contributed by atoms with E-state index in [0.717, 1.165) is 11.1 Å². The minimum Gasteiger partial charge on any atom is -0.324 e. The van der Waals surface area contributed by atoms with Crippen molar-refractivity contribution in [1.82, 2.24) is 9.21 Å². The third kappa shape index (κ3) is 5.40. The van der Waals surface area contributed by atoms with Crippen molar-refractivity contribution in [2.75, 3.05) is 31.5 Å². The number of carbonyl (C=O) groups excluding carboxylic acids is 1. The Morgan fingerprint density at radius 1 is 0.914 bits per heavy atom. The van der Waals surface area contributed by atoms with Crippen molar-refractivity contribution in [3.05, 3.63) is 100 Å². The molecular weight excluding hydrogens is 468 g/mol. The molecule has 1 aliphatic rings. The molecule has 0 saturated carbocycles. The molecule has 0 radical (unpaired) electrons. The predicted molar refractivity (Wildman–Crippen MR) is 132 cm³/mol. The summed E-state index contributed by atoms with van der Waals surface area (Å²) in [5.74, 6) is -0.213. The van der Waals surface area contributed by atoms with E-state index in [2.05, 4.69) is 5.32 Å². The summed E-state index contributed by atoms with van der Waals surface area (Å²) in [7, 11) is -4.06. The summed E-state index contributed by atoms with van der Waals surface area (Å²) in [5.41, 5.74) is 2.11. The van der Waals surface area contributed by atoms with Crippen LogP contribution >= 0.6 is 0 Å². The van der Waals surface area contributed by atoms with Gasteiger partial charge in [0, 0.05) is 37.9 Å². The minimum absolute atomic E-state index is 0.107. The summed E-state index contributed by atoms with van der Waals surface area (Å²) < 4.78 is 27.6. The van der Waals surface area contributed by atoms with E-state index < -0.39 is 26.7 Å². The van der Waals surface area contributed by atoms with E-state index >= 15 is 0 Å². The Kier molecular flexibility index (Phi) is 7.25. The van der Waals surface area contributed by atoms with E-state index in [1.54, 1.807) is 0 Å². The number of aryl methyl sites for hydroxylation is 1. The van der Waals surface area contributed by atoms with Gasteiger partial charge in [-0.2, -0.15) is 4.31 Å². The monoisotopic (exact) mass is 494 g/mol. The van der Waals surface area contributed by atoms with Crippen LogP contribution in [-0.4, -0.2) is 54.6 Å². The summed E-state index contributed by atoms with van der Waals surface area (Å²) in [6.07, 6.45) is 0. The summed E-state index contributed by atoms with van der Waals surface area (Å²) in [5, 5.41) is 14.3. The Balaban J connectivity index is 1.54. The highest BCUT2D eigenvalue weighted by Crippen LogP contribution is 2.29. The van der Waals surface area contributed by atoms with E-state index in [4.69, 9.17) is 0 Å². The zero-order chi connectivity index (χ0) is 25.0. The van der Waals surface area contributed by atoms with Crippen LogP contribution in [0.15, 0.2) is 83.8 Å². The fourth-order valence-corrected chi connectivity index (χ4v) is 5.76. The van der Waals surface area contributed by atoms with Crippen LogP contribution < -0.4 is 5.32 Å². The Morgan fingerprint density at radius 2 is 1.51 bits per heavy atom. The van der Waals surface area contributed by atoms with Gasteiger partial charge < -0.3 is 5.32 Å². The third-order valence-electron chi connectivity index (χ3n) is 6.00. The molecule has 0 aromatic heterocycles. The second kappa shape index (κ2) is 10.3. The van der Waals surface area contributed by atoms with Gasteiger partial charge in [-0.25, -0.2) is 8.42 Å². The largest absolute Gasteiger partial charge is 0.324 e. The molecule has 35 heavy (non-hydrogen) atoms. The molecule has 1 saturated heterocycles. The van der Waals surface area contributed by atoms with Crippen LogP contribution in [0.1, 0.15) is 17.2 Å². The number of piperazine rings is 1. The summed E-state index contributed by atoms with van der Waals surface area (Å²) in [6, 6.07) is 21.6. The first kappa shape index (κ1) is 24.5. The molecule has 1 heterocycles. The quantitative estimate of drug-likeness (QED) is 0.397. The van der Waals surface area contributed by atoms with E-state index in [1.165, 1.54) is 28.6 Å². The van der Waals surface area contributed by atoms with Crippen LogP contribution in [-0.2, 0) is 14.8 Å². The highest BCUT2D eigenvalue weighted by atomic mass is 32.2. The van der Waals surface area contributed by atoms with Gasteiger partial charge in [-0.1, -0.05) is 60.2 Å². The molecule has 3 aromatic rings. The zero-order valence-corrected chi connectivity index (χ0v) is 20.0. The maximum absolute atomic E-state index is 13.4. The smallest absolute Gasteiger partial charge is 0.289 e. The van der Waals surface area contributed by atoms with Crippen molar-refractivity contribution in [2.45, 2.75) is 17.9 Å². The van der Waals surface area contributed by atoms with Crippen LogP contribution in [0, 0.1) is 17.0 Å². The Bertz CT molecular complexity index is 1310. The number of nitro groups is 1. The molecule has 1 atom stereocenters. The molecule has 1 fully saturated rings. The van der Waals surface area contributed by atoms with Gasteiger partial charge >= 0.3 is 0 Å². The SMILES string of the molecule is Cc1ccc(NC(=O)[C@H](c2ccccc2)N2CCN(S(=O)(=O)c3ccccc3[N+](=O)[O-])CC2)cc1. The average molecular weight is 495 g/mol. The van der Waals surface area contributed by atoms with E-state index in [9.17, 15) is 23.3 Å². The van der Waals surface area contributed by atoms with E-state index in [0.29, 0.717) is 18.8 Å².